The fourth-order valence-corrected chi connectivity index (χ4v) is 5.64. The van der Waals surface area contributed by atoms with Crippen LogP contribution in [0.1, 0.15) is 40.5 Å². The van der Waals surface area contributed by atoms with Crippen molar-refractivity contribution in [1.82, 2.24) is 9.62 Å². The number of carbonyl (C=O) groups is 2. The zero-order valence-electron chi connectivity index (χ0n) is 20.5. The summed E-state index contributed by atoms with van der Waals surface area (Å²) in [5.41, 5.74) is -0.403. The first-order valence-corrected chi connectivity index (χ1v) is 12.9. The quantitative estimate of drug-likeness (QED) is 0.597. The lowest BCUT2D eigenvalue weighted by molar-refractivity contribution is -0.182. The van der Waals surface area contributed by atoms with Crippen molar-refractivity contribution in [3.63, 3.8) is 0 Å². The lowest BCUT2D eigenvalue weighted by Crippen LogP contribution is -2.54. The fourth-order valence-electron chi connectivity index (χ4n) is 3.95. The van der Waals surface area contributed by atoms with Crippen LogP contribution in [0.5, 0.6) is 5.75 Å². The minimum absolute atomic E-state index is 0.0227. The molecular weight excluding hydrogens is 505 g/mol. The molecule has 3 rings (SSSR count). The van der Waals surface area contributed by atoms with Gasteiger partial charge in [-0.1, -0.05) is 0 Å². The molecule has 1 saturated heterocycles. The van der Waals surface area contributed by atoms with Crippen molar-refractivity contribution < 1.29 is 40.7 Å². The number of rotatable bonds is 5. The number of carbonyl (C=O) groups excluding carboxylic acids is 2. The molecule has 0 bridgehead atoms. The molecular formula is C22H31F3N4O6S. The van der Waals surface area contributed by atoms with E-state index in [0.29, 0.717) is 0 Å². The van der Waals surface area contributed by atoms with Gasteiger partial charge >= 0.3 is 22.5 Å². The Labute approximate surface area is 208 Å². The first-order valence-electron chi connectivity index (χ1n) is 11.5. The third kappa shape index (κ3) is 6.93. The molecule has 202 valence electrons. The summed E-state index contributed by atoms with van der Waals surface area (Å²) in [5, 5.41) is 5.12. The number of hydrogen-bond acceptors (Lipinski definition) is 6. The van der Waals surface area contributed by atoms with Crippen molar-refractivity contribution in [2.75, 3.05) is 35.8 Å². The second kappa shape index (κ2) is 10.3. The molecule has 0 saturated carbocycles. The van der Waals surface area contributed by atoms with E-state index in [-0.39, 0.29) is 62.1 Å². The zero-order valence-corrected chi connectivity index (χ0v) is 21.3. The Balaban J connectivity index is 1.88. The number of nitrogens with one attached hydrogen (secondary N) is 2. The maximum atomic E-state index is 13.6. The largest absolute Gasteiger partial charge is 0.484 e. The Morgan fingerprint density at radius 1 is 1.17 bits per heavy atom. The zero-order chi connectivity index (χ0) is 26.9. The second-order valence-electron chi connectivity index (χ2n) is 9.74. The van der Waals surface area contributed by atoms with Crippen LogP contribution >= 0.6 is 0 Å². The minimum Gasteiger partial charge on any atom is -0.484 e. The fraction of sp³-hybridized carbons (Fsp3) is 0.636. The molecule has 0 aromatic heterocycles. The molecule has 1 aromatic rings. The summed E-state index contributed by atoms with van der Waals surface area (Å²) in [6.07, 6.45) is -6.54. The number of nitrogens with zero attached hydrogens (tertiary/aromatic N) is 2. The van der Waals surface area contributed by atoms with Crippen LogP contribution in [0, 0.1) is 5.92 Å². The van der Waals surface area contributed by atoms with Crippen molar-refractivity contribution in [3.8, 4) is 5.75 Å². The van der Waals surface area contributed by atoms with Crippen LogP contribution in [0.15, 0.2) is 18.2 Å². The van der Waals surface area contributed by atoms with Gasteiger partial charge in [0.1, 0.15) is 17.5 Å². The minimum atomic E-state index is -4.38. The highest BCUT2D eigenvalue weighted by molar-refractivity contribution is 7.90. The Hall–Kier alpha value is -2.74. The number of anilines is 2. The summed E-state index contributed by atoms with van der Waals surface area (Å²) >= 11 is 0. The van der Waals surface area contributed by atoms with E-state index in [1.807, 2.05) is 0 Å². The number of hydrogen-bond donors (Lipinski definition) is 2. The Morgan fingerprint density at radius 3 is 2.36 bits per heavy atom. The van der Waals surface area contributed by atoms with Crippen LogP contribution in [0.4, 0.5) is 29.3 Å². The number of benzene rings is 1. The summed E-state index contributed by atoms with van der Waals surface area (Å²) in [4.78, 5) is 23.6. The van der Waals surface area contributed by atoms with Crippen molar-refractivity contribution in [2.45, 2.75) is 58.4 Å². The van der Waals surface area contributed by atoms with Gasteiger partial charge in [0.2, 0.25) is 5.91 Å². The molecule has 1 aromatic carbocycles. The molecule has 1 fully saturated rings. The number of ether oxygens (including phenoxy) is 2. The molecule has 14 heteroatoms. The predicted molar refractivity (Wildman–Crippen MR) is 126 cm³/mol. The molecule has 2 aliphatic heterocycles. The summed E-state index contributed by atoms with van der Waals surface area (Å²) in [5.74, 6) is -1.71. The molecule has 36 heavy (non-hydrogen) atoms. The van der Waals surface area contributed by atoms with Crippen molar-refractivity contribution in [3.05, 3.63) is 18.2 Å². The monoisotopic (exact) mass is 536 g/mol. The van der Waals surface area contributed by atoms with Crippen LogP contribution < -0.4 is 19.7 Å². The van der Waals surface area contributed by atoms with E-state index < -0.39 is 40.1 Å². The first-order chi connectivity index (χ1) is 16.6. The molecule has 1 atom stereocenters. The molecule has 2 N–H and O–H groups in total. The number of piperidine rings is 1. The molecule has 0 unspecified atom stereocenters. The van der Waals surface area contributed by atoms with E-state index >= 15 is 0 Å². The molecule has 10 nitrogen and oxygen atoms in total. The van der Waals surface area contributed by atoms with Gasteiger partial charge in [-0.2, -0.15) is 25.9 Å². The van der Waals surface area contributed by atoms with Gasteiger partial charge in [0.15, 0.2) is 0 Å². The predicted octanol–water partition coefficient (Wildman–Crippen LogP) is 3.26. The number of alkyl halides is 3. The average Bonchev–Trinajstić information content (AvgIpc) is 2.75. The molecule has 2 aliphatic rings. The van der Waals surface area contributed by atoms with E-state index in [9.17, 15) is 31.2 Å². The van der Waals surface area contributed by atoms with Crippen LogP contribution in [0.2, 0.25) is 0 Å². The third-order valence-electron chi connectivity index (χ3n) is 5.64. The van der Waals surface area contributed by atoms with Crippen LogP contribution in [-0.2, 0) is 19.7 Å². The van der Waals surface area contributed by atoms with Gasteiger partial charge < -0.3 is 14.8 Å². The van der Waals surface area contributed by atoms with Gasteiger partial charge in [0, 0.05) is 25.7 Å². The molecule has 0 spiro atoms. The Bertz CT molecular complexity index is 1080. The molecule has 2 heterocycles. The van der Waals surface area contributed by atoms with Gasteiger partial charge in [-0.3, -0.25) is 14.4 Å². The average molecular weight is 537 g/mol. The standard InChI is InChI=1S/C22H31F3N4O6S/c1-14(30)26-12-17-13-29(36(32,33)28-9-7-15(8-10-28)22(23,24)25)18-11-16(5-6-19(18)34-17)27-20(31)35-21(2,3)4/h5-6,11,15,17H,7-10,12-13H2,1-4H3,(H,26,30)(H,27,31)/t17-/m0/s1. The molecule has 2 amide bonds. The van der Waals surface area contributed by atoms with Gasteiger partial charge in [-0.15, -0.1) is 0 Å². The van der Waals surface area contributed by atoms with Gasteiger partial charge in [-0.25, -0.2) is 4.79 Å². The normalized spacial score (nSPS) is 19.8. The van der Waals surface area contributed by atoms with E-state index in [1.54, 1.807) is 20.8 Å². The van der Waals surface area contributed by atoms with Gasteiger partial charge in [0.25, 0.3) is 0 Å². The number of amides is 2. The van der Waals surface area contributed by atoms with Gasteiger partial charge in [-0.05, 0) is 51.8 Å². The highest BCUT2D eigenvalue weighted by Gasteiger charge is 2.45. The number of halogens is 3. The lowest BCUT2D eigenvalue weighted by Gasteiger charge is -2.40. The van der Waals surface area contributed by atoms with Crippen LogP contribution in [0.3, 0.4) is 0 Å². The molecule has 0 aliphatic carbocycles. The summed E-state index contributed by atoms with van der Waals surface area (Å²) in [6, 6.07) is 4.37. The Kier molecular flexibility index (Phi) is 7.98. The van der Waals surface area contributed by atoms with E-state index in [2.05, 4.69) is 10.6 Å². The third-order valence-corrected chi connectivity index (χ3v) is 7.56. The van der Waals surface area contributed by atoms with Crippen molar-refractivity contribution in [2.24, 2.45) is 5.92 Å². The Morgan fingerprint density at radius 2 is 1.81 bits per heavy atom. The lowest BCUT2D eigenvalue weighted by atomic mass is 9.98. The van der Waals surface area contributed by atoms with Crippen molar-refractivity contribution >= 4 is 33.6 Å². The van der Waals surface area contributed by atoms with E-state index in [4.69, 9.17) is 9.47 Å². The summed E-state index contributed by atoms with van der Waals surface area (Å²) < 4.78 is 79.6. The maximum absolute atomic E-state index is 13.6. The first kappa shape index (κ1) is 27.8. The van der Waals surface area contributed by atoms with E-state index in [0.717, 1.165) is 8.61 Å². The van der Waals surface area contributed by atoms with Crippen LogP contribution in [-0.4, -0.2) is 68.8 Å². The SMILES string of the molecule is CC(=O)NC[C@H]1CN(S(=O)(=O)N2CCC(C(F)(F)F)CC2)c2cc(NC(=O)OC(C)(C)C)ccc2O1. The van der Waals surface area contributed by atoms with Crippen LogP contribution in [0.25, 0.3) is 0 Å². The van der Waals surface area contributed by atoms with Crippen molar-refractivity contribution in [1.29, 1.82) is 0 Å². The maximum Gasteiger partial charge on any atom is 0.412 e. The highest BCUT2D eigenvalue weighted by atomic mass is 32.2. The highest BCUT2D eigenvalue weighted by Crippen LogP contribution is 2.40. The molecule has 0 radical (unpaired) electrons. The second-order valence-corrected chi connectivity index (χ2v) is 11.6. The summed E-state index contributed by atoms with van der Waals surface area (Å²) in [7, 11) is -4.25. The summed E-state index contributed by atoms with van der Waals surface area (Å²) in [6.45, 7) is 5.65. The number of fused-ring (bicyclic) bond motifs is 1. The topological polar surface area (TPSA) is 117 Å². The smallest absolute Gasteiger partial charge is 0.412 e. The van der Waals surface area contributed by atoms with E-state index in [1.165, 1.54) is 25.1 Å². The van der Waals surface area contributed by atoms with Gasteiger partial charge in [0.05, 0.1) is 24.7 Å².